The van der Waals surface area contributed by atoms with Crippen LogP contribution < -0.4 is 10.3 Å². The van der Waals surface area contributed by atoms with Crippen LogP contribution in [0.5, 0.6) is 5.75 Å². The minimum atomic E-state index is -0.142. The van der Waals surface area contributed by atoms with Crippen LogP contribution in [0.3, 0.4) is 0 Å². The molecule has 5 nitrogen and oxygen atoms in total. The minimum Gasteiger partial charge on any atom is -0.507 e. The van der Waals surface area contributed by atoms with Crippen LogP contribution in [0.15, 0.2) is 57.9 Å². The number of phenolic OH excluding ortho intramolecular Hbond substituents is 1. The van der Waals surface area contributed by atoms with Gasteiger partial charge in [0, 0.05) is 5.39 Å². The molecule has 0 bridgehead atoms. The van der Waals surface area contributed by atoms with Crippen molar-refractivity contribution in [2.75, 3.05) is 14.1 Å². The Balaban J connectivity index is 1.96. The first-order valence-corrected chi connectivity index (χ1v) is 8.88. The number of fused-ring (bicyclic) bond motifs is 2. The van der Waals surface area contributed by atoms with Crippen molar-refractivity contribution in [1.29, 1.82) is 0 Å². The number of rotatable bonds is 3. The summed E-state index contributed by atoms with van der Waals surface area (Å²) >= 11 is 0. The molecule has 0 amide bonds. The maximum atomic E-state index is 13.2. The molecule has 136 valence electrons. The summed E-state index contributed by atoms with van der Waals surface area (Å²) < 4.78 is 5.84. The van der Waals surface area contributed by atoms with E-state index >= 15 is 0 Å². The Kier molecular flexibility index (Phi) is 4.16. The number of quaternary nitrogens is 1. The van der Waals surface area contributed by atoms with Crippen molar-refractivity contribution in [3.63, 3.8) is 0 Å². The molecule has 2 heterocycles. The van der Waals surface area contributed by atoms with Gasteiger partial charge in [-0.2, -0.15) is 0 Å². The lowest BCUT2D eigenvalue weighted by molar-refractivity contribution is -0.872. The van der Waals surface area contributed by atoms with E-state index in [0.717, 1.165) is 15.8 Å². The van der Waals surface area contributed by atoms with Gasteiger partial charge in [-0.3, -0.25) is 4.79 Å². The maximum Gasteiger partial charge on any atom is 0.202 e. The SMILES string of the molecule is Cc1cc2c(=O)c(-c3ccc4ccccc4n3)coc2c(C[NH+](C)C)c1O. The number of hydrogen-bond acceptors (Lipinski definition) is 4. The number of para-hydroxylation sites is 1. The third kappa shape index (κ3) is 2.96. The van der Waals surface area contributed by atoms with Crippen molar-refractivity contribution in [2.45, 2.75) is 13.5 Å². The van der Waals surface area contributed by atoms with Gasteiger partial charge in [0.1, 0.15) is 24.1 Å². The van der Waals surface area contributed by atoms with Crippen molar-refractivity contribution < 1.29 is 14.4 Å². The van der Waals surface area contributed by atoms with Crippen LogP contribution in [0.25, 0.3) is 33.1 Å². The van der Waals surface area contributed by atoms with Gasteiger partial charge in [0.2, 0.25) is 5.43 Å². The molecule has 0 saturated heterocycles. The average molecular weight is 361 g/mol. The highest BCUT2D eigenvalue weighted by molar-refractivity contribution is 5.87. The van der Waals surface area contributed by atoms with Gasteiger partial charge in [-0.05, 0) is 30.7 Å². The topological polar surface area (TPSA) is 67.8 Å². The van der Waals surface area contributed by atoms with E-state index in [0.29, 0.717) is 39.9 Å². The predicted octanol–water partition coefficient (Wildman–Crippen LogP) is 2.67. The fourth-order valence-electron chi connectivity index (χ4n) is 3.39. The average Bonchev–Trinajstić information content (AvgIpc) is 2.66. The highest BCUT2D eigenvalue weighted by atomic mass is 16.3. The second-order valence-corrected chi connectivity index (χ2v) is 7.15. The molecular formula is C22H21N2O3+. The van der Waals surface area contributed by atoms with Crippen molar-refractivity contribution >= 4 is 21.9 Å². The summed E-state index contributed by atoms with van der Waals surface area (Å²) in [6, 6.07) is 13.2. The molecule has 0 atom stereocenters. The molecule has 0 radical (unpaired) electrons. The molecule has 2 aromatic carbocycles. The van der Waals surface area contributed by atoms with Gasteiger partial charge in [0.05, 0.1) is 41.8 Å². The summed E-state index contributed by atoms with van der Waals surface area (Å²) in [6.45, 7) is 2.35. The third-order valence-corrected chi connectivity index (χ3v) is 4.73. The van der Waals surface area contributed by atoms with Gasteiger partial charge in [-0.25, -0.2) is 4.98 Å². The molecule has 27 heavy (non-hydrogen) atoms. The number of aromatic nitrogens is 1. The van der Waals surface area contributed by atoms with E-state index in [2.05, 4.69) is 4.98 Å². The van der Waals surface area contributed by atoms with Crippen LogP contribution in [-0.4, -0.2) is 24.2 Å². The Labute approximate surface area is 156 Å². The second kappa shape index (κ2) is 6.52. The summed E-state index contributed by atoms with van der Waals surface area (Å²) in [5.74, 6) is 0.184. The Hall–Kier alpha value is -3.18. The molecule has 2 aromatic heterocycles. The number of nitrogens with one attached hydrogen (secondary N) is 1. The van der Waals surface area contributed by atoms with Gasteiger partial charge in [0.25, 0.3) is 0 Å². The van der Waals surface area contributed by atoms with Crippen molar-refractivity contribution in [1.82, 2.24) is 4.98 Å². The number of aryl methyl sites for hydroxylation is 1. The van der Waals surface area contributed by atoms with Crippen LogP contribution in [0.1, 0.15) is 11.1 Å². The zero-order chi connectivity index (χ0) is 19.1. The van der Waals surface area contributed by atoms with E-state index in [4.69, 9.17) is 4.42 Å². The van der Waals surface area contributed by atoms with E-state index in [1.165, 1.54) is 6.26 Å². The number of pyridine rings is 1. The lowest BCUT2D eigenvalue weighted by atomic mass is 10.0. The van der Waals surface area contributed by atoms with Gasteiger partial charge in [-0.15, -0.1) is 0 Å². The fourth-order valence-corrected chi connectivity index (χ4v) is 3.39. The lowest BCUT2D eigenvalue weighted by Crippen LogP contribution is -3.04. The van der Waals surface area contributed by atoms with E-state index in [9.17, 15) is 9.90 Å². The summed E-state index contributed by atoms with van der Waals surface area (Å²) in [7, 11) is 3.97. The highest BCUT2D eigenvalue weighted by Crippen LogP contribution is 2.30. The Morgan fingerprint density at radius 2 is 1.93 bits per heavy atom. The molecule has 0 spiro atoms. The molecule has 0 aliphatic carbocycles. The number of benzene rings is 2. The number of aromatic hydroxyl groups is 1. The van der Waals surface area contributed by atoms with E-state index in [1.807, 2.05) is 50.5 Å². The monoisotopic (exact) mass is 361 g/mol. The summed E-state index contributed by atoms with van der Waals surface area (Å²) in [5.41, 5.74) is 3.44. The molecule has 2 N–H and O–H groups in total. The fraction of sp³-hybridized carbons (Fsp3) is 0.182. The number of nitrogens with zero attached hydrogens (tertiary/aromatic N) is 1. The molecule has 0 aliphatic heterocycles. The van der Waals surface area contributed by atoms with Gasteiger partial charge < -0.3 is 14.4 Å². The normalized spacial score (nSPS) is 11.6. The first-order valence-electron chi connectivity index (χ1n) is 8.88. The van der Waals surface area contributed by atoms with Crippen LogP contribution in [0.4, 0.5) is 0 Å². The molecule has 0 aliphatic rings. The smallest absolute Gasteiger partial charge is 0.202 e. The standard InChI is InChI=1S/C22H20N2O3/c1-13-10-15-21(26)17(12-27-22(15)16(20(13)25)11-24(2)3)19-9-8-14-6-4-5-7-18(14)23-19/h4-10,12,25H,11H2,1-3H3/p+1. The summed E-state index contributed by atoms with van der Waals surface area (Å²) in [6.07, 6.45) is 1.45. The Morgan fingerprint density at radius 1 is 1.15 bits per heavy atom. The number of phenols is 1. The molecule has 4 aromatic rings. The summed E-state index contributed by atoms with van der Waals surface area (Å²) in [4.78, 5) is 18.9. The molecule has 5 heteroatoms. The van der Waals surface area contributed by atoms with Crippen molar-refractivity contribution in [3.8, 4) is 17.0 Å². The van der Waals surface area contributed by atoms with Crippen molar-refractivity contribution in [3.05, 3.63) is 70.1 Å². The largest absolute Gasteiger partial charge is 0.507 e. The zero-order valence-corrected chi connectivity index (χ0v) is 15.5. The molecule has 0 saturated carbocycles. The first-order chi connectivity index (χ1) is 13.0. The van der Waals surface area contributed by atoms with E-state index in [-0.39, 0.29) is 11.2 Å². The van der Waals surface area contributed by atoms with Gasteiger partial charge in [-0.1, -0.05) is 24.3 Å². The number of hydrogen-bond donors (Lipinski definition) is 2. The second-order valence-electron chi connectivity index (χ2n) is 7.15. The Morgan fingerprint density at radius 3 is 2.70 bits per heavy atom. The van der Waals surface area contributed by atoms with Crippen LogP contribution in [0.2, 0.25) is 0 Å². The zero-order valence-electron chi connectivity index (χ0n) is 15.5. The third-order valence-electron chi connectivity index (χ3n) is 4.73. The van der Waals surface area contributed by atoms with Crippen molar-refractivity contribution in [2.24, 2.45) is 0 Å². The maximum absolute atomic E-state index is 13.2. The molecule has 0 unspecified atom stereocenters. The molecule has 4 rings (SSSR count). The molecular weight excluding hydrogens is 340 g/mol. The predicted molar refractivity (Wildman–Crippen MR) is 106 cm³/mol. The van der Waals surface area contributed by atoms with Gasteiger partial charge in [0.15, 0.2) is 0 Å². The summed E-state index contributed by atoms with van der Waals surface area (Å²) in [5, 5.41) is 11.9. The van der Waals surface area contributed by atoms with E-state index in [1.54, 1.807) is 13.0 Å². The van der Waals surface area contributed by atoms with Crippen LogP contribution >= 0.6 is 0 Å². The molecule has 0 fully saturated rings. The van der Waals surface area contributed by atoms with E-state index < -0.39 is 0 Å². The minimum absolute atomic E-state index is 0.142. The van der Waals surface area contributed by atoms with Gasteiger partial charge >= 0.3 is 0 Å². The van der Waals surface area contributed by atoms with Crippen LogP contribution in [-0.2, 0) is 6.54 Å². The Bertz CT molecular complexity index is 1230. The first kappa shape index (κ1) is 17.2. The van der Waals surface area contributed by atoms with Crippen LogP contribution in [0, 0.1) is 6.92 Å². The highest BCUT2D eigenvalue weighted by Gasteiger charge is 2.19. The lowest BCUT2D eigenvalue weighted by Gasteiger charge is -2.13. The quantitative estimate of drug-likeness (QED) is 0.589.